The number of aryl methyl sites for hydroxylation is 1. The number of hydrogen-bond acceptors (Lipinski definition) is 5. The van der Waals surface area contributed by atoms with Crippen LogP contribution in [-0.2, 0) is 13.0 Å². The molecule has 1 aliphatic carbocycles. The quantitative estimate of drug-likeness (QED) is 0.828. The van der Waals surface area contributed by atoms with E-state index < -0.39 is 0 Å². The molecule has 20 heavy (non-hydrogen) atoms. The van der Waals surface area contributed by atoms with E-state index in [0.717, 1.165) is 50.2 Å². The highest BCUT2D eigenvalue weighted by Crippen LogP contribution is 2.22. The second kappa shape index (κ2) is 6.68. The molecular weight excluding hydrogens is 252 g/mol. The maximum absolute atomic E-state index is 5.29. The molecule has 1 aliphatic heterocycles. The van der Waals surface area contributed by atoms with E-state index in [1.165, 1.54) is 32.1 Å². The van der Waals surface area contributed by atoms with E-state index in [1.54, 1.807) is 0 Å². The molecule has 1 unspecified atom stereocenters. The van der Waals surface area contributed by atoms with Crippen LogP contribution in [0.5, 0.6) is 0 Å². The molecule has 1 aromatic rings. The van der Waals surface area contributed by atoms with Crippen LogP contribution in [0.25, 0.3) is 0 Å². The minimum Gasteiger partial charge on any atom is -0.339 e. The molecule has 1 N–H and O–H groups in total. The number of aromatic nitrogens is 2. The first kappa shape index (κ1) is 14.0. The van der Waals surface area contributed by atoms with Crippen LogP contribution >= 0.6 is 0 Å². The molecule has 1 saturated carbocycles. The zero-order chi connectivity index (χ0) is 13.8. The average molecular weight is 278 g/mol. The Morgan fingerprint density at radius 3 is 3.00 bits per heavy atom. The van der Waals surface area contributed by atoms with Gasteiger partial charge in [-0.25, -0.2) is 0 Å². The van der Waals surface area contributed by atoms with E-state index in [1.807, 2.05) is 0 Å². The molecule has 1 atom stereocenters. The third kappa shape index (κ3) is 3.79. The van der Waals surface area contributed by atoms with E-state index >= 15 is 0 Å². The molecule has 112 valence electrons. The van der Waals surface area contributed by atoms with E-state index in [4.69, 9.17) is 4.52 Å². The zero-order valence-electron chi connectivity index (χ0n) is 12.5. The van der Waals surface area contributed by atoms with Gasteiger partial charge in [0.25, 0.3) is 0 Å². The summed E-state index contributed by atoms with van der Waals surface area (Å²) in [6.45, 7) is 5.25. The van der Waals surface area contributed by atoms with Crippen LogP contribution in [0.4, 0.5) is 0 Å². The van der Waals surface area contributed by atoms with Crippen molar-refractivity contribution in [3.05, 3.63) is 11.7 Å². The van der Waals surface area contributed by atoms with Gasteiger partial charge >= 0.3 is 0 Å². The average Bonchev–Trinajstić information content (AvgIpc) is 3.19. The van der Waals surface area contributed by atoms with Gasteiger partial charge in [-0.15, -0.1) is 0 Å². The Morgan fingerprint density at radius 2 is 2.20 bits per heavy atom. The van der Waals surface area contributed by atoms with E-state index in [2.05, 4.69) is 27.3 Å². The van der Waals surface area contributed by atoms with Crippen LogP contribution in [-0.4, -0.2) is 40.2 Å². The van der Waals surface area contributed by atoms with Gasteiger partial charge in [0, 0.05) is 25.0 Å². The monoisotopic (exact) mass is 278 g/mol. The predicted octanol–water partition coefficient (Wildman–Crippen LogP) is 2.13. The maximum atomic E-state index is 5.29. The SMILES string of the molecule is CCCc1nc(CN2CCCCC2CNC2CC2)no1. The second-order valence-corrected chi connectivity index (χ2v) is 6.16. The summed E-state index contributed by atoms with van der Waals surface area (Å²) < 4.78 is 5.29. The van der Waals surface area contributed by atoms with Crippen molar-refractivity contribution >= 4 is 0 Å². The molecule has 0 spiro atoms. The Balaban J connectivity index is 1.54. The van der Waals surface area contributed by atoms with Crippen molar-refractivity contribution in [2.24, 2.45) is 0 Å². The standard InChI is InChI=1S/C15H26N4O/c1-2-5-15-17-14(18-20-15)11-19-9-4-3-6-13(19)10-16-12-7-8-12/h12-13,16H,2-11H2,1H3. The minimum absolute atomic E-state index is 0.637. The van der Waals surface area contributed by atoms with Gasteiger partial charge in [-0.05, 0) is 38.6 Å². The summed E-state index contributed by atoms with van der Waals surface area (Å²) >= 11 is 0. The van der Waals surface area contributed by atoms with E-state index in [9.17, 15) is 0 Å². The predicted molar refractivity (Wildman–Crippen MR) is 77.4 cm³/mol. The van der Waals surface area contributed by atoms with Crippen LogP contribution in [0.1, 0.15) is 57.2 Å². The molecule has 2 aliphatic rings. The first-order valence-electron chi connectivity index (χ1n) is 8.14. The van der Waals surface area contributed by atoms with Crippen LogP contribution in [0, 0.1) is 0 Å². The lowest BCUT2D eigenvalue weighted by atomic mass is 10.0. The van der Waals surface area contributed by atoms with Crippen molar-refractivity contribution in [1.82, 2.24) is 20.4 Å². The number of nitrogens with one attached hydrogen (secondary N) is 1. The fraction of sp³-hybridized carbons (Fsp3) is 0.867. The van der Waals surface area contributed by atoms with Crippen LogP contribution in [0.3, 0.4) is 0 Å². The molecule has 5 heteroatoms. The Hall–Kier alpha value is -0.940. The lowest BCUT2D eigenvalue weighted by Gasteiger charge is -2.35. The summed E-state index contributed by atoms with van der Waals surface area (Å²) in [4.78, 5) is 7.02. The lowest BCUT2D eigenvalue weighted by molar-refractivity contribution is 0.132. The molecule has 2 fully saturated rings. The topological polar surface area (TPSA) is 54.2 Å². The normalized spacial score (nSPS) is 24.1. The third-order valence-corrected chi connectivity index (χ3v) is 4.29. The fourth-order valence-corrected chi connectivity index (χ4v) is 2.94. The van der Waals surface area contributed by atoms with Gasteiger partial charge in [-0.2, -0.15) is 4.98 Å². The van der Waals surface area contributed by atoms with E-state index in [0.29, 0.717) is 6.04 Å². The third-order valence-electron chi connectivity index (χ3n) is 4.29. The molecule has 2 heterocycles. The molecule has 0 aromatic carbocycles. The molecule has 0 radical (unpaired) electrons. The van der Waals surface area contributed by atoms with Crippen molar-refractivity contribution < 1.29 is 4.52 Å². The number of rotatable bonds is 7. The van der Waals surface area contributed by atoms with Crippen molar-refractivity contribution in [3.8, 4) is 0 Å². The highest BCUT2D eigenvalue weighted by atomic mass is 16.5. The summed E-state index contributed by atoms with van der Waals surface area (Å²) in [5.74, 6) is 1.64. The summed E-state index contributed by atoms with van der Waals surface area (Å²) in [5, 5.41) is 7.78. The Morgan fingerprint density at radius 1 is 1.30 bits per heavy atom. The summed E-state index contributed by atoms with van der Waals surface area (Å²) in [7, 11) is 0. The summed E-state index contributed by atoms with van der Waals surface area (Å²) in [6, 6.07) is 1.43. The van der Waals surface area contributed by atoms with Crippen molar-refractivity contribution in [2.45, 2.75) is 70.5 Å². The Labute approximate surface area is 121 Å². The smallest absolute Gasteiger partial charge is 0.226 e. The van der Waals surface area contributed by atoms with Crippen LogP contribution in [0.15, 0.2) is 4.52 Å². The lowest BCUT2D eigenvalue weighted by Crippen LogP contribution is -2.45. The summed E-state index contributed by atoms with van der Waals surface area (Å²) in [5.41, 5.74) is 0. The van der Waals surface area contributed by atoms with Gasteiger partial charge in [0.1, 0.15) is 0 Å². The van der Waals surface area contributed by atoms with Crippen LogP contribution in [0.2, 0.25) is 0 Å². The molecule has 5 nitrogen and oxygen atoms in total. The summed E-state index contributed by atoms with van der Waals surface area (Å²) in [6.07, 6.45) is 8.59. The first-order valence-corrected chi connectivity index (χ1v) is 8.14. The second-order valence-electron chi connectivity index (χ2n) is 6.16. The zero-order valence-corrected chi connectivity index (χ0v) is 12.5. The Kier molecular flexibility index (Phi) is 4.68. The van der Waals surface area contributed by atoms with Crippen molar-refractivity contribution in [3.63, 3.8) is 0 Å². The number of hydrogen-bond donors (Lipinski definition) is 1. The largest absolute Gasteiger partial charge is 0.339 e. The van der Waals surface area contributed by atoms with Gasteiger partial charge in [0.15, 0.2) is 5.82 Å². The number of likely N-dealkylation sites (tertiary alicyclic amines) is 1. The van der Waals surface area contributed by atoms with Gasteiger partial charge in [0.05, 0.1) is 6.54 Å². The van der Waals surface area contributed by atoms with Gasteiger partial charge in [-0.1, -0.05) is 18.5 Å². The fourth-order valence-electron chi connectivity index (χ4n) is 2.94. The van der Waals surface area contributed by atoms with Gasteiger partial charge in [-0.3, -0.25) is 4.90 Å². The molecule has 0 amide bonds. The van der Waals surface area contributed by atoms with Gasteiger partial charge in [0.2, 0.25) is 5.89 Å². The molecule has 1 aromatic heterocycles. The van der Waals surface area contributed by atoms with Gasteiger partial charge < -0.3 is 9.84 Å². The molecule has 0 bridgehead atoms. The van der Waals surface area contributed by atoms with Crippen LogP contribution < -0.4 is 5.32 Å². The van der Waals surface area contributed by atoms with Crippen molar-refractivity contribution in [1.29, 1.82) is 0 Å². The number of piperidine rings is 1. The highest BCUT2D eigenvalue weighted by Gasteiger charge is 2.27. The highest BCUT2D eigenvalue weighted by molar-refractivity contribution is 4.91. The molecular formula is C15H26N4O. The number of nitrogens with zero attached hydrogens (tertiary/aromatic N) is 3. The molecule has 3 rings (SSSR count). The molecule has 1 saturated heterocycles. The Bertz CT molecular complexity index is 416. The minimum atomic E-state index is 0.637. The maximum Gasteiger partial charge on any atom is 0.226 e. The van der Waals surface area contributed by atoms with Crippen molar-refractivity contribution in [2.75, 3.05) is 13.1 Å². The first-order chi connectivity index (χ1) is 9.85. The van der Waals surface area contributed by atoms with E-state index in [-0.39, 0.29) is 0 Å².